The summed E-state index contributed by atoms with van der Waals surface area (Å²) in [5.41, 5.74) is 5.34. The topological polar surface area (TPSA) is 80.4 Å². The Labute approximate surface area is 136 Å². The molecule has 4 nitrogen and oxygen atoms in total. The first-order valence-electron chi connectivity index (χ1n) is 7.41. The number of primary amides is 1. The van der Waals surface area contributed by atoms with Gasteiger partial charge in [-0.15, -0.1) is 0 Å². The zero-order chi connectivity index (χ0) is 15.7. The first-order valence-corrected chi connectivity index (χ1v) is 8.21. The van der Waals surface area contributed by atoms with Crippen LogP contribution in [0.1, 0.15) is 18.4 Å². The number of allylic oxidation sites excluding steroid dienone is 2. The van der Waals surface area contributed by atoms with Crippen molar-refractivity contribution < 1.29 is 14.7 Å². The van der Waals surface area contributed by atoms with Crippen molar-refractivity contribution in [1.29, 1.82) is 0 Å². The number of hydrogen-bond acceptors (Lipinski definition) is 2. The number of amides is 1. The smallest absolute Gasteiger partial charge is 0.308 e. The number of aliphatic carboxylic acids is 1. The van der Waals surface area contributed by atoms with Crippen molar-refractivity contribution in [2.24, 2.45) is 28.9 Å². The number of carbonyl (C=O) groups excluding carboxylic acids is 1. The van der Waals surface area contributed by atoms with Crippen LogP contribution >= 0.6 is 15.9 Å². The summed E-state index contributed by atoms with van der Waals surface area (Å²) >= 11 is 3.38. The Balaban J connectivity index is 1.98. The molecule has 1 aromatic carbocycles. The highest BCUT2D eigenvalue weighted by Gasteiger charge is 2.76. The second-order valence-corrected chi connectivity index (χ2v) is 7.59. The van der Waals surface area contributed by atoms with Crippen molar-refractivity contribution >= 4 is 27.8 Å². The van der Waals surface area contributed by atoms with E-state index in [4.69, 9.17) is 5.73 Å². The third-order valence-corrected chi connectivity index (χ3v) is 6.49. The SMILES string of the molecule is NC(=O)[C@@]1(c2ccc(Br)cc2)[C@H](C(=O)O)[C@H]2C=C[C@H]1C21CC1. The summed E-state index contributed by atoms with van der Waals surface area (Å²) in [6.07, 6.45) is 5.98. The zero-order valence-electron chi connectivity index (χ0n) is 11.8. The second-order valence-electron chi connectivity index (χ2n) is 6.68. The maximum absolute atomic E-state index is 12.5. The highest BCUT2D eigenvalue weighted by atomic mass is 79.9. The van der Waals surface area contributed by atoms with Crippen LogP contribution in [0.2, 0.25) is 0 Å². The average Bonchev–Trinajstić information content (AvgIpc) is 3.13. The van der Waals surface area contributed by atoms with Crippen LogP contribution in [0.5, 0.6) is 0 Å². The molecule has 0 radical (unpaired) electrons. The standard InChI is InChI=1S/C17H16BrNO3/c18-10-3-1-9(2-4-10)17(15(19)22)12-6-5-11(13(17)14(20)21)16(12)7-8-16/h1-6,11-13H,7-8H2,(H2,19,22)(H,20,21)/t11-,12+,13+,17-/m1/s1. The molecule has 1 aromatic rings. The normalized spacial score (nSPS) is 36.7. The van der Waals surface area contributed by atoms with Crippen molar-refractivity contribution in [3.8, 4) is 0 Å². The summed E-state index contributed by atoms with van der Waals surface area (Å²) < 4.78 is 0.891. The molecule has 0 aliphatic heterocycles. The minimum absolute atomic E-state index is 0.0643. The van der Waals surface area contributed by atoms with Gasteiger partial charge in [0, 0.05) is 10.4 Å². The lowest BCUT2D eigenvalue weighted by atomic mass is 9.63. The van der Waals surface area contributed by atoms with Crippen molar-refractivity contribution in [3.63, 3.8) is 0 Å². The van der Waals surface area contributed by atoms with Crippen LogP contribution in [0, 0.1) is 23.2 Å². The molecular weight excluding hydrogens is 346 g/mol. The highest BCUT2D eigenvalue weighted by Crippen LogP contribution is 2.75. The van der Waals surface area contributed by atoms with Gasteiger partial charge in [0.1, 0.15) is 0 Å². The predicted molar refractivity (Wildman–Crippen MR) is 83.9 cm³/mol. The predicted octanol–water partition coefficient (Wildman–Crippen LogP) is 2.47. The molecular formula is C17H16BrNO3. The fraction of sp³-hybridized carbons (Fsp3) is 0.412. The van der Waals surface area contributed by atoms with Crippen LogP contribution in [0.25, 0.3) is 0 Å². The molecule has 0 unspecified atom stereocenters. The number of rotatable bonds is 3. The summed E-state index contributed by atoms with van der Waals surface area (Å²) in [4.78, 5) is 24.6. The van der Waals surface area contributed by atoms with E-state index >= 15 is 0 Å². The average molecular weight is 362 g/mol. The first-order chi connectivity index (χ1) is 10.4. The van der Waals surface area contributed by atoms with Crippen LogP contribution in [0.3, 0.4) is 0 Å². The van der Waals surface area contributed by atoms with E-state index in [2.05, 4.69) is 15.9 Å². The molecule has 3 N–H and O–H groups in total. The van der Waals surface area contributed by atoms with E-state index in [1.807, 2.05) is 36.4 Å². The van der Waals surface area contributed by atoms with E-state index in [0.717, 1.165) is 22.9 Å². The molecule has 0 saturated heterocycles. The van der Waals surface area contributed by atoms with E-state index < -0.39 is 23.2 Å². The van der Waals surface area contributed by atoms with Gasteiger partial charge in [-0.05, 0) is 41.9 Å². The first kappa shape index (κ1) is 14.0. The molecule has 0 heterocycles. The van der Waals surface area contributed by atoms with Crippen molar-refractivity contribution in [2.75, 3.05) is 0 Å². The summed E-state index contributed by atoms with van der Waals surface area (Å²) in [5, 5.41) is 9.84. The van der Waals surface area contributed by atoms with Gasteiger partial charge >= 0.3 is 5.97 Å². The number of benzene rings is 1. The molecule has 5 heteroatoms. The lowest BCUT2D eigenvalue weighted by molar-refractivity contribution is -0.148. The molecule has 0 aromatic heterocycles. The molecule has 2 fully saturated rings. The minimum atomic E-state index is -1.14. The van der Waals surface area contributed by atoms with Gasteiger partial charge in [-0.3, -0.25) is 9.59 Å². The van der Waals surface area contributed by atoms with Crippen LogP contribution in [0.15, 0.2) is 40.9 Å². The summed E-state index contributed by atoms with van der Waals surface area (Å²) in [7, 11) is 0. The molecule has 3 aliphatic rings. The number of halogens is 1. The number of nitrogens with two attached hydrogens (primary N) is 1. The Hall–Kier alpha value is -1.62. The van der Waals surface area contributed by atoms with Gasteiger partial charge in [-0.25, -0.2) is 0 Å². The van der Waals surface area contributed by atoms with Gasteiger partial charge in [-0.1, -0.05) is 40.2 Å². The molecule has 3 aliphatic carbocycles. The fourth-order valence-electron chi connectivity index (χ4n) is 5.02. The third-order valence-electron chi connectivity index (χ3n) is 5.96. The maximum Gasteiger partial charge on any atom is 0.308 e. The van der Waals surface area contributed by atoms with E-state index in [1.165, 1.54) is 0 Å². The Kier molecular flexibility index (Phi) is 2.69. The van der Waals surface area contributed by atoms with Crippen molar-refractivity contribution in [2.45, 2.75) is 18.3 Å². The van der Waals surface area contributed by atoms with E-state index in [9.17, 15) is 14.7 Å². The second kappa shape index (κ2) is 4.22. The van der Waals surface area contributed by atoms with E-state index in [1.54, 1.807) is 0 Å². The highest BCUT2D eigenvalue weighted by molar-refractivity contribution is 9.10. The number of hydrogen-bond donors (Lipinski definition) is 2. The number of carboxylic acid groups (broad SMARTS) is 1. The Morgan fingerprint density at radius 3 is 2.32 bits per heavy atom. The zero-order valence-corrected chi connectivity index (χ0v) is 13.4. The lowest BCUT2D eigenvalue weighted by Crippen LogP contribution is -2.52. The molecule has 4 rings (SSSR count). The number of carboxylic acids is 1. The van der Waals surface area contributed by atoms with Crippen molar-refractivity contribution in [1.82, 2.24) is 0 Å². The van der Waals surface area contributed by atoms with Gasteiger partial charge in [0.15, 0.2) is 0 Å². The molecule has 4 atom stereocenters. The van der Waals surface area contributed by atoms with Crippen LogP contribution in [0.4, 0.5) is 0 Å². The molecule has 114 valence electrons. The third kappa shape index (κ3) is 1.43. The van der Waals surface area contributed by atoms with E-state index in [0.29, 0.717) is 0 Å². The monoisotopic (exact) mass is 361 g/mol. The molecule has 1 amide bonds. The summed E-state index contributed by atoms with van der Waals surface area (Å²) in [6, 6.07) is 7.34. The van der Waals surface area contributed by atoms with Gasteiger partial charge in [-0.2, -0.15) is 0 Å². The summed E-state index contributed by atoms with van der Waals surface area (Å²) in [5.74, 6) is -2.42. The molecule has 1 spiro atoms. The van der Waals surface area contributed by atoms with Gasteiger partial charge < -0.3 is 10.8 Å². The minimum Gasteiger partial charge on any atom is -0.481 e. The van der Waals surface area contributed by atoms with Crippen LogP contribution < -0.4 is 5.73 Å². The summed E-state index contributed by atoms with van der Waals surface area (Å²) in [6.45, 7) is 0. The Morgan fingerprint density at radius 1 is 1.18 bits per heavy atom. The van der Waals surface area contributed by atoms with Gasteiger partial charge in [0.25, 0.3) is 0 Å². The van der Waals surface area contributed by atoms with Crippen LogP contribution in [-0.4, -0.2) is 17.0 Å². The Morgan fingerprint density at radius 2 is 1.82 bits per heavy atom. The van der Waals surface area contributed by atoms with Crippen molar-refractivity contribution in [3.05, 3.63) is 46.5 Å². The van der Waals surface area contributed by atoms with Gasteiger partial charge in [0.2, 0.25) is 5.91 Å². The maximum atomic E-state index is 12.5. The van der Waals surface area contributed by atoms with E-state index in [-0.39, 0.29) is 17.3 Å². The molecule has 2 saturated carbocycles. The Bertz CT molecular complexity index is 707. The molecule has 22 heavy (non-hydrogen) atoms. The molecule has 2 bridgehead atoms. The lowest BCUT2D eigenvalue weighted by Gasteiger charge is -2.37. The van der Waals surface area contributed by atoms with Crippen LogP contribution in [-0.2, 0) is 15.0 Å². The fourth-order valence-corrected chi connectivity index (χ4v) is 5.28. The largest absolute Gasteiger partial charge is 0.481 e. The number of carbonyl (C=O) groups is 2. The van der Waals surface area contributed by atoms with Gasteiger partial charge in [0.05, 0.1) is 11.3 Å². The quantitative estimate of drug-likeness (QED) is 0.811.